The number of amides is 1. The van der Waals surface area contributed by atoms with Crippen LogP contribution in [0.1, 0.15) is 20.8 Å². The third-order valence-corrected chi connectivity index (χ3v) is 2.90. The Labute approximate surface area is 87.6 Å². The first-order chi connectivity index (χ1) is 6.04. The number of carbonyl (C=O) groups is 1. The van der Waals surface area contributed by atoms with E-state index < -0.39 is 0 Å². The summed E-state index contributed by atoms with van der Waals surface area (Å²) >= 11 is 3.29. The summed E-state index contributed by atoms with van der Waals surface area (Å²) < 4.78 is 5.44. The predicted molar refractivity (Wildman–Crippen MR) is 55.0 cm³/mol. The molecule has 1 saturated heterocycles. The number of ether oxygens (including phenoxy) is 1. The van der Waals surface area contributed by atoms with Gasteiger partial charge in [0.15, 0.2) is 0 Å². The Bertz CT molecular complexity index is 196. The highest BCUT2D eigenvalue weighted by Crippen LogP contribution is 2.16. The van der Waals surface area contributed by atoms with Crippen LogP contribution in [-0.2, 0) is 9.53 Å². The van der Waals surface area contributed by atoms with Crippen LogP contribution in [0.25, 0.3) is 0 Å². The smallest absolute Gasteiger partial charge is 0.236 e. The van der Waals surface area contributed by atoms with Crippen molar-refractivity contribution in [2.45, 2.75) is 37.7 Å². The summed E-state index contributed by atoms with van der Waals surface area (Å²) in [4.78, 5) is 13.5. The van der Waals surface area contributed by atoms with Crippen LogP contribution in [0.3, 0.4) is 0 Å². The summed E-state index contributed by atoms with van der Waals surface area (Å²) in [6, 6.07) is 0.182. The maximum absolute atomic E-state index is 11.7. The van der Waals surface area contributed by atoms with Gasteiger partial charge in [-0.2, -0.15) is 0 Å². The second-order valence-corrected chi connectivity index (χ2v) is 4.84. The van der Waals surface area contributed by atoms with Gasteiger partial charge < -0.3 is 9.64 Å². The third kappa shape index (κ3) is 2.44. The average Bonchev–Trinajstić information content (AvgIpc) is 2.08. The molecule has 0 aliphatic carbocycles. The number of alkyl halides is 1. The van der Waals surface area contributed by atoms with E-state index in [2.05, 4.69) is 15.9 Å². The van der Waals surface area contributed by atoms with Gasteiger partial charge in [-0.25, -0.2) is 0 Å². The molecule has 0 aromatic carbocycles. The molecule has 0 radical (unpaired) electrons. The van der Waals surface area contributed by atoms with E-state index in [9.17, 15) is 4.79 Å². The summed E-state index contributed by atoms with van der Waals surface area (Å²) in [5.74, 6) is 0.155. The number of carbonyl (C=O) groups excluding carboxylic acids is 1. The quantitative estimate of drug-likeness (QED) is 0.658. The van der Waals surface area contributed by atoms with Crippen molar-refractivity contribution in [3.05, 3.63) is 0 Å². The van der Waals surface area contributed by atoms with Crippen molar-refractivity contribution in [1.29, 1.82) is 0 Å². The summed E-state index contributed by atoms with van der Waals surface area (Å²) in [7, 11) is 0. The van der Waals surface area contributed by atoms with Gasteiger partial charge in [0.05, 0.1) is 23.6 Å². The van der Waals surface area contributed by atoms with Crippen molar-refractivity contribution >= 4 is 21.8 Å². The Kier molecular flexibility index (Phi) is 3.74. The largest absolute Gasteiger partial charge is 0.375 e. The van der Waals surface area contributed by atoms with Crippen LogP contribution in [0.4, 0.5) is 0 Å². The van der Waals surface area contributed by atoms with E-state index in [0.717, 1.165) is 0 Å². The van der Waals surface area contributed by atoms with Gasteiger partial charge in [-0.15, -0.1) is 0 Å². The molecule has 3 nitrogen and oxygen atoms in total. The summed E-state index contributed by atoms with van der Waals surface area (Å²) in [6.07, 6.45) is 0.143. The number of hydrogen-bond donors (Lipinski definition) is 0. The molecule has 1 rings (SSSR count). The molecule has 0 aromatic heterocycles. The summed E-state index contributed by atoms with van der Waals surface area (Å²) in [5, 5.41) is 0. The van der Waals surface area contributed by atoms with Crippen LogP contribution < -0.4 is 0 Å². The summed E-state index contributed by atoms with van der Waals surface area (Å²) in [5.41, 5.74) is 0. The fourth-order valence-electron chi connectivity index (χ4n) is 1.47. The first kappa shape index (κ1) is 11.0. The van der Waals surface area contributed by atoms with Crippen LogP contribution >= 0.6 is 15.9 Å². The molecule has 0 spiro atoms. The van der Waals surface area contributed by atoms with Crippen molar-refractivity contribution in [1.82, 2.24) is 4.90 Å². The Hall–Kier alpha value is -0.0900. The highest BCUT2D eigenvalue weighted by atomic mass is 79.9. The molecule has 4 heteroatoms. The number of halogens is 1. The van der Waals surface area contributed by atoms with Gasteiger partial charge in [0.1, 0.15) is 0 Å². The number of hydrogen-bond acceptors (Lipinski definition) is 2. The van der Waals surface area contributed by atoms with Crippen LogP contribution in [0, 0.1) is 0 Å². The molecule has 3 atom stereocenters. The fraction of sp³-hybridized carbons (Fsp3) is 0.889. The van der Waals surface area contributed by atoms with E-state index in [1.165, 1.54) is 0 Å². The van der Waals surface area contributed by atoms with Gasteiger partial charge in [-0.3, -0.25) is 4.79 Å². The topological polar surface area (TPSA) is 29.5 Å². The molecule has 3 unspecified atom stereocenters. The second kappa shape index (κ2) is 4.42. The molecule has 0 aromatic rings. The lowest BCUT2D eigenvalue weighted by atomic mass is 10.1. The fourth-order valence-corrected chi connectivity index (χ4v) is 1.74. The van der Waals surface area contributed by atoms with Crippen LogP contribution in [0.5, 0.6) is 0 Å². The first-order valence-electron chi connectivity index (χ1n) is 4.60. The lowest BCUT2D eigenvalue weighted by molar-refractivity contribution is -0.142. The highest BCUT2D eigenvalue weighted by Gasteiger charge is 2.30. The van der Waals surface area contributed by atoms with Gasteiger partial charge in [-0.1, -0.05) is 15.9 Å². The van der Waals surface area contributed by atoms with Crippen molar-refractivity contribution in [2.24, 2.45) is 0 Å². The number of rotatable bonds is 1. The van der Waals surface area contributed by atoms with Gasteiger partial charge in [0.2, 0.25) is 5.91 Å². The van der Waals surface area contributed by atoms with Crippen molar-refractivity contribution in [3.8, 4) is 0 Å². The van der Waals surface area contributed by atoms with E-state index in [1.807, 2.05) is 25.7 Å². The van der Waals surface area contributed by atoms with Crippen molar-refractivity contribution in [2.75, 3.05) is 13.2 Å². The Balaban J connectivity index is 2.62. The van der Waals surface area contributed by atoms with Crippen LogP contribution in [-0.4, -0.2) is 40.9 Å². The minimum Gasteiger partial charge on any atom is -0.375 e. The molecular weight excluding hydrogens is 234 g/mol. The maximum Gasteiger partial charge on any atom is 0.236 e. The van der Waals surface area contributed by atoms with E-state index in [1.54, 1.807) is 0 Å². The predicted octanol–water partition coefficient (Wildman–Crippen LogP) is 1.41. The third-order valence-electron chi connectivity index (χ3n) is 2.51. The molecule has 1 heterocycles. The zero-order chi connectivity index (χ0) is 10.0. The molecule has 0 bridgehead atoms. The van der Waals surface area contributed by atoms with Gasteiger partial charge in [0.25, 0.3) is 0 Å². The molecule has 0 N–H and O–H groups in total. The second-order valence-electron chi connectivity index (χ2n) is 3.46. The molecule has 76 valence electrons. The van der Waals surface area contributed by atoms with E-state index in [-0.39, 0.29) is 22.9 Å². The minimum atomic E-state index is -0.0970. The SMILES string of the molecule is CC(Br)C(=O)N1CCOC(C)C1C. The van der Waals surface area contributed by atoms with E-state index >= 15 is 0 Å². The Morgan fingerprint density at radius 1 is 1.62 bits per heavy atom. The van der Waals surface area contributed by atoms with Crippen LogP contribution in [0.15, 0.2) is 0 Å². The van der Waals surface area contributed by atoms with Crippen molar-refractivity contribution in [3.63, 3.8) is 0 Å². The average molecular weight is 250 g/mol. The molecule has 1 fully saturated rings. The zero-order valence-electron chi connectivity index (χ0n) is 8.29. The molecule has 1 amide bonds. The molecule has 13 heavy (non-hydrogen) atoms. The van der Waals surface area contributed by atoms with E-state index in [0.29, 0.717) is 13.2 Å². The lowest BCUT2D eigenvalue weighted by Crippen LogP contribution is -2.52. The Morgan fingerprint density at radius 2 is 2.23 bits per heavy atom. The standard InChI is InChI=1S/C9H16BrNO2/c1-6(10)9(12)11-4-5-13-8(3)7(11)2/h6-8H,4-5H2,1-3H3. The monoisotopic (exact) mass is 249 g/mol. The van der Waals surface area contributed by atoms with E-state index in [4.69, 9.17) is 4.74 Å². The number of morpholine rings is 1. The van der Waals surface area contributed by atoms with Gasteiger partial charge >= 0.3 is 0 Å². The molecular formula is C9H16BrNO2. The molecule has 1 aliphatic heterocycles. The highest BCUT2D eigenvalue weighted by molar-refractivity contribution is 9.10. The normalized spacial score (nSPS) is 31.5. The maximum atomic E-state index is 11.7. The molecule has 0 saturated carbocycles. The minimum absolute atomic E-state index is 0.0970. The first-order valence-corrected chi connectivity index (χ1v) is 5.51. The number of nitrogens with zero attached hydrogens (tertiary/aromatic N) is 1. The zero-order valence-corrected chi connectivity index (χ0v) is 9.87. The van der Waals surface area contributed by atoms with Gasteiger partial charge in [-0.05, 0) is 20.8 Å². The summed E-state index contributed by atoms with van der Waals surface area (Å²) in [6.45, 7) is 7.24. The molecule has 1 aliphatic rings. The Morgan fingerprint density at radius 3 is 2.77 bits per heavy atom. The van der Waals surface area contributed by atoms with Crippen LogP contribution in [0.2, 0.25) is 0 Å². The van der Waals surface area contributed by atoms with Crippen molar-refractivity contribution < 1.29 is 9.53 Å². The lowest BCUT2D eigenvalue weighted by Gasteiger charge is -2.38. The van der Waals surface area contributed by atoms with Gasteiger partial charge in [0, 0.05) is 6.54 Å².